The number of hydrogen-bond donors (Lipinski definition) is 2. The van der Waals surface area contributed by atoms with E-state index < -0.39 is 11.5 Å². The summed E-state index contributed by atoms with van der Waals surface area (Å²) >= 11 is 1.66. The predicted molar refractivity (Wildman–Crippen MR) is 70.6 cm³/mol. The molecule has 1 fully saturated rings. The van der Waals surface area contributed by atoms with Crippen LogP contribution in [0.1, 0.15) is 26.7 Å². The maximum Gasteiger partial charge on any atom is 0.325 e. The highest BCUT2D eigenvalue weighted by molar-refractivity contribution is 7.99. The topological polar surface area (TPSA) is 58.6 Å². The number of aliphatic carboxylic acids is 1. The lowest BCUT2D eigenvalue weighted by molar-refractivity contribution is -0.145. The molecule has 17 heavy (non-hydrogen) atoms. The van der Waals surface area contributed by atoms with Crippen molar-refractivity contribution in [2.45, 2.75) is 38.3 Å². The number of ether oxygens (including phenoxy) is 1. The fourth-order valence-electron chi connectivity index (χ4n) is 2.04. The number of nitrogens with one attached hydrogen (secondary N) is 1. The van der Waals surface area contributed by atoms with Crippen molar-refractivity contribution in [2.24, 2.45) is 5.92 Å². The molecule has 1 aliphatic rings. The van der Waals surface area contributed by atoms with E-state index in [4.69, 9.17) is 4.74 Å². The number of carbonyl (C=O) groups is 1. The van der Waals surface area contributed by atoms with Gasteiger partial charge in [0.25, 0.3) is 0 Å². The van der Waals surface area contributed by atoms with Crippen LogP contribution in [0.3, 0.4) is 0 Å². The Bertz CT molecular complexity index is 256. The number of methoxy groups -OCH3 is 1. The summed E-state index contributed by atoms with van der Waals surface area (Å²) in [5, 5.41) is 12.8. The zero-order chi connectivity index (χ0) is 12.9. The minimum Gasteiger partial charge on any atom is -0.480 e. The van der Waals surface area contributed by atoms with Gasteiger partial charge in [-0.25, -0.2) is 0 Å². The molecule has 2 N–H and O–H groups in total. The molecule has 1 atom stereocenters. The van der Waals surface area contributed by atoms with Gasteiger partial charge in [-0.05, 0) is 32.6 Å². The van der Waals surface area contributed by atoms with Crippen LogP contribution in [0, 0.1) is 5.92 Å². The monoisotopic (exact) mass is 261 g/mol. The van der Waals surface area contributed by atoms with Gasteiger partial charge in [0.1, 0.15) is 5.54 Å². The number of rotatable bonds is 9. The average Bonchev–Trinajstić information content (AvgIpc) is 3.05. The fraction of sp³-hybridized carbons (Fsp3) is 0.917. The van der Waals surface area contributed by atoms with Crippen molar-refractivity contribution in [3.63, 3.8) is 0 Å². The lowest BCUT2D eigenvalue weighted by Crippen LogP contribution is -2.58. The van der Waals surface area contributed by atoms with Gasteiger partial charge in [0, 0.05) is 24.7 Å². The first-order valence-corrected chi connectivity index (χ1v) is 7.26. The van der Waals surface area contributed by atoms with E-state index in [1.54, 1.807) is 18.9 Å². The van der Waals surface area contributed by atoms with Crippen molar-refractivity contribution in [3.05, 3.63) is 0 Å². The second-order valence-corrected chi connectivity index (χ2v) is 6.00. The largest absolute Gasteiger partial charge is 0.480 e. The first-order chi connectivity index (χ1) is 8.03. The number of thioether (sulfide) groups is 1. The van der Waals surface area contributed by atoms with Crippen molar-refractivity contribution in [3.8, 4) is 0 Å². The van der Waals surface area contributed by atoms with E-state index in [2.05, 4.69) is 5.32 Å². The Hall–Kier alpha value is -0.260. The van der Waals surface area contributed by atoms with E-state index in [-0.39, 0.29) is 12.0 Å². The van der Waals surface area contributed by atoms with Gasteiger partial charge in [0.05, 0.1) is 6.61 Å². The highest BCUT2D eigenvalue weighted by Gasteiger charge is 2.51. The molecule has 5 heteroatoms. The molecule has 4 nitrogen and oxygen atoms in total. The molecular weight excluding hydrogens is 238 g/mol. The van der Waals surface area contributed by atoms with Crippen LogP contribution in [0.5, 0.6) is 0 Å². The van der Waals surface area contributed by atoms with Crippen LogP contribution in [0.4, 0.5) is 0 Å². The van der Waals surface area contributed by atoms with Gasteiger partial charge in [-0.2, -0.15) is 11.8 Å². The molecule has 0 aromatic carbocycles. The second-order valence-electron chi connectivity index (χ2n) is 4.90. The molecule has 1 aliphatic carbocycles. The van der Waals surface area contributed by atoms with Crippen molar-refractivity contribution < 1.29 is 14.6 Å². The first-order valence-electron chi connectivity index (χ1n) is 6.10. The summed E-state index contributed by atoms with van der Waals surface area (Å²) in [6, 6.07) is 0.190. The van der Waals surface area contributed by atoms with Crippen LogP contribution in [0.25, 0.3) is 0 Å². The third kappa shape index (κ3) is 4.16. The fourth-order valence-corrected chi connectivity index (χ4v) is 3.24. The first kappa shape index (κ1) is 14.8. The van der Waals surface area contributed by atoms with Crippen molar-refractivity contribution in [1.29, 1.82) is 0 Å². The van der Waals surface area contributed by atoms with Crippen LogP contribution in [-0.4, -0.2) is 47.9 Å². The van der Waals surface area contributed by atoms with Gasteiger partial charge < -0.3 is 9.84 Å². The molecule has 1 saturated carbocycles. The molecule has 0 amide bonds. The van der Waals surface area contributed by atoms with E-state index in [0.29, 0.717) is 12.4 Å². The Morgan fingerprint density at radius 3 is 2.65 bits per heavy atom. The van der Waals surface area contributed by atoms with E-state index >= 15 is 0 Å². The lowest BCUT2D eigenvalue weighted by Gasteiger charge is -2.32. The summed E-state index contributed by atoms with van der Waals surface area (Å²) in [5.41, 5.74) is -0.743. The van der Waals surface area contributed by atoms with E-state index in [1.165, 1.54) is 0 Å². The van der Waals surface area contributed by atoms with Crippen LogP contribution < -0.4 is 5.32 Å². The van der Waals surface area contributed by atoms with Crippen LogP contribution >= 0.6 is 11.8 Å². The van der Waals surface area contributed by atoms with E-state index in [0.717, 1.165) is 18.6 Å². The molecule has 0 saturated heterocycles. The highest BCUT2D eigenvalue weighted by Crippen LogP contribution is 2.42. The Morgan fingerprint density at radius 1 is 1.59 bits per heavy atom. The molecule has 0 heterocycles. The summed E-state index contributed by atoms with van der Waals surface area (Å²) in [6.45, 7) is 4.67. The molecule has 1 unspecified atom stereocenters. The zero-order valence-corrected chi connectivity index (χ0v) is 11.7. The normalized spacial score (nSPS) is 19.3. The Morgan fingerprint density at radius 2 is 2.24 bits per heavy atom. The van der Waals surface area contributed by atoms with E-state index in [1.807, 2.05) is 13.8 Å². The van der Waals surface area contributed by atoms with Gasteiger partial charge in [0.2, 0.25) is 0 Å². The van der Waals surface area contributed by atoms with Crippen LogP contribution in [-0.2, 0) is 9.53 Å². The van der Waals surface area contributed by atoms with E-state index in [9.17, 15) is 9.90 Å². The average molecular weight is 261 g/mol. The highest BCUT2D eigenvalue weighted by atomic mass is 32.2. The predicted octanol–water partition coefficient (Wildman–Crippen LogP) is 1.60. The zero-order valence-electron chi connectivity index (χ0n) is 10.9. The Labute approximate surface area is 107 Å². The van der Waals surface area contributed by atoms with Gasteiger partial charge in [0.15, 0.2) is 0 Å². The molecule has 0 aliphatic heterocycles. The smallest absolute Gasteiger partial charge is 0.325 e. The second kappa shape index (κ2) is 6.61. The van der Waals surface area contributed by atoms with Crippen molar-refractivity contribution in [2.75, 3.05) is 25.2 Å². The third-order valence-corrected chi connectivity index (χ3v) is 4.08. The number of carboxylic acid groups (broad SMARTS) is 1. The molecule has 0 bridgehead atoms. The summed E-state index contributed by atoms with van der Waals surface area (Å²) < 4.78 is 4.99. The van der Waals surface area contributed by atoms with Crippen molar-refractivity contribution in [1.82, 2.24) is 5.32 Å². The van der Waals surface area contributed by atoms with Crippen LogP contribution in [0.15, 0.2) is 0 Å². The molecular formula is C12H23NO3S. The molecule has 0 aromatic rings. The molecule has 100 valence electrons. The minimum atomic E-state index is -0.743. The van der Waals surface area contributed by atoms with Gasteiger partial charge >= 0.3 is 5.97 Å². The molecule has 1 rings (SSSR count). The maximum absolute atomic E-state index is 11.6. The Kier molecular flexibility index (Phi) is 5.76. The van der Waals surface area contributed by atoms with Crippen molar-refractivity contribution >= 4 is 17.7 Å². The standard InChI is InChI=1S/C12H23NO3S/c1-9(2)13-12(11(14)15,10-4-5-10)8-17-7-6-16-3/h9-10,13H,4-8H2,1-3H3,(H,14,15). The summed E-state index contributed by atoms with van der Waals surface area (Å²) in [7, 11) is 1.66. The lowest BCUT2D eigenvalue weighted by atomic mass is 9.94. The third-order valence-electron chi connectivity index (χ3n) is 2.96. The van der Waals surface area contributed by atoms with Crippen LogP contribution in [0.2, 0.25) is 0 Å². The Balaban J connectivity index is 2.59. The van der Waals surface area contributed by atoms with Gasteiger partial charge in [-0.1, -0.05) is 0 Å². The molecule has 0 aromatic heterocycles. The minimum absolute atomic E-state index is 0.190. The number of hydrogen-bond acceptors (Lipinski definition) is 4. The quantitative estimate of drug-likeness (QED) is 0.617. The maximum atomic E-state index is 11.6. The summed E-state index contributed by atoms with van der Waals surface area (Å²) in [4.78, 5) is 11.6. The molecule has 0 spiro atoms. The summed E-state index contributed by atoms with van der Waals surface area (Å²) in [6.07, 6.45) is 2.05. The van der Waals surface area contributed by atoms with Gasteiger partial charge in [-0.15, -0.1) is 0 Å². The SMILES string of the molecule is COCCSCC(NC(C)C)(C(=O)O)C1CC1. The molecule has 0 radical (unpaired) electrons. The number of carboxylic acids is 1. The van der Waals surface area contributed by atoms with Gasteiger partial charge in [-0.3, -0.25) is 10.1 Å². The summed E-state index contributed by atoms with van der Waals surface area (Å²) in [5.74, 6) is 1.04.